The maximum Gasteiger partial charge on any atom is 0.126 e. The van der Waals surface area contributed by atoms with Gasteiger partial charge in [-0.05, 0) is 48.9 Å². The Labute approximate surface area is 120 Å². The molecule has 0 bridgehead atoms. The number of anilines is 1. The third-order valence-electron chi connectivity index (χ3n) is 2.65. The summed E-state index contributed by atoms with van der Waals surface area (Å²) >= 11 is 3.39. The van der Waals surface area contributed by atoms with E-state index in [2.05, 4.69) is 21.2 Å². The zero-order valence-corrected chi connectivity index (χ0v) is 12.2. The lowest BCUT2D eigenvalue weighted by atomic mass is 10.2. The minimum atomic E-state index is -0.184. The Morgan fingerprint density at radius 2 is 2.05 bits per heavy atom. The van der Waals surface area contributed by atoms with Crippen molar-refractivity contribution in [2.45, 2.75) is 6.92 Å². The van der Waals surface area contributed by atoms with E-state index in [1.807, 2.05) is 24.3 Å². The van der Waals surface area contributed by atoms with E-state index in [0.29, 0.717) is 18.7 Å². The molecule has 0 spiro atoms. The molecular weight excluding hydrogens is 309 g/mol. The normalized spacial score (nSPS) is 10.3. The van der Waals surface area contributed by atoms with Crippen LogP contribution >= 0.6 is 15.9 Å². The molecule has 0 saturated heterocycles. The first-order chi connectivity index (χ1) is 9.15. The van der Waals surface area contributed by atoms with Gasteiger partial charge in [0, 0.05) is 16.7 Å². The molecule has 0 atom stereocenters. The molecule has 0 amide bonds. The van der Waals surface area contributed by atoms with E-state index in [-0.39, 0.29) is 5.82 Å². The Kier molecular flexibility index (Phi) is 4.80. The van der Waals surface area contributed by atoms with Crippen molar-refractivity contribution in [3.05, 3.63) is 58.3 Å². The van der Waals surface area contributed by atoms with E-state index in [9.17, 15) is 4.39 Å². The van der Waals surface area contributed by atoms with Gasteiger partial charge >= 0.3 is 0 Å². The molecule has 100 valence electrons. The smallest absolute Gasteiger partial charge is 0.126 e. The van der Waals surface area contributed by atoms with E-state index < -0.39 is 0 Å². The minimum Gasteiger partial charge on any atom is -0.492 e. The summed E-state index contributed by atoms with van der Waals surface area (Å²) in [6.45, 7) is 2.96. The van der Waals surface area contributed by atoms with Crippen LogP contribution < -0.4 is 10.1 Å². The number of hydrogen-bond donors (Lipinski definition) is 1. The number of aryl methyl sites for hydroxylation is 1. The highest BCUT2D eigenvalue weighted by molar-refractivity contribution is 9.10. The zero-order chi connectivity index (χ0) is 13.7. The molecule has 0 aromatic heterocycles. The van der Waals surface area contributed by atoms with Crippen LogP contribution in [0.25, 0.3) is 0 Å². The van der Waals surface area contributed by atoms with Gasteiger partial charge in [-0.25, -0.2) is 4.39 Å². The van der Waals surface area contributed by atoms with E-state index >= 15 is 0 Å². The third kappa shape index (κ3) is 4.24. The van der Waals surface area contributed by atoms with Crippen molar-refractivity contribution in [3.8, 4) is 5.75 Å². The summed E-state index contributed by atoms with van der Waals surface area (Å²) in [6, 6.07) is 12.7. The average molecular weight is 324 g/mol. The molecule has 2 aromatic rings. The first-order valence-corrected chi connectivity index (χ1v) is 6.83. The van der Waals surface area contributed by atoms with Gasteiger partial charge in [0.2, 0.25) is 0 Å². The quantitative estimate of drug-likeness (QED) is 0.824. The van der Waals surface area contributed by atoms with Gasteiger partial charge in [0.15, 0.2) is 0 Å². The second kappa shape index (κ2) is 6.57. The van der Waals surface area contributed by atoms with Crippen molar-refractivity contribution in [1.29, 1.82) is 0 Å². The highest BCUT2D eigenvalue weighted by Crippen LogP contribution is 2.17. The number of benzene rings is 2. The largest absolute Gasteiger partial charge is 0.492 e. The molecule has 0 fully saturated rings. The van der Waals surface area contributed by atoms with Gasteiger partial charge < -0.3 is 10.1 Å². The first kappa shape index (κ1) is 13.9. The van der Waals surface area contributed by atoms with Crippen LogP contribution in [0.2, 0.25) is 0 Å². The molecule has 2 aromatic carbocycles. The lowest BCUT2D eigenvalue weighted by molar-refractivity contribution is 0.332. The van der Waals surface area contributed by atoms with Crippen LogP contribution in [0.4, 0.5) is 10.1 Å². The van der Waals surface area contributed by atoms with Crippen LogP contribution in [-0.4, -0.2) is 13.2 Å². The first-order valence-electron chi connectivity index (χ1n) is 6.03. The van der Waals surface area contributed by atoms with Crippen LogP contribution in [0.3, 0.4) is 0 Å². The number of nitrogens with one attached hydrogen (secondary N) is 1. The summed E-state index contributed by atoms with van der Waals surface area (Å²) in [7, 11) is 0. The molecule has 0 aliphatic carbocycles. The second-order valence-electron chi connectivity index (χ2n) is 4.20. The molecule has 1 N–H and O–H groups in total. The van der Waals surface area contributed by atoms with Crippen LogP contribution in [0.1, 0.15) is 5.56 Å². The van der Waals surface area contributed by atoms with Gasteiger partial charge in [0.05, 0.1) is 0 Å². The van der Waals surface area contributed by atoms with Crippen molar-refractivity contribution in [2.75, 3.05) is 18.5 Å². The lowest BCUT2D eigenvalue weighted by Gasteiger charge is -2.09. The monoisotopic (exact) mass is 323 g/mol. The maximum absolute atomic E-state index is 13.1. The Morgan fingerprint density at radius 1 is 1.21 bits per heavy atom. The molecule has 19 heavy (non-hydrogen) atoms. The molecule has 2 nitrogen and oxygen atoms in total. The number of hydrogen-bond acceptors (Lipinski definition) is 2. The summed E-state index contributed by atoms with van der Waals surface area (Å²) in [6.07, 6.45) is 0. The molecule has 0 aliphatic rings. The predicted molar refractivity (Wildman–Crippen MR) is 79.3 cm³/mol. The van der Waals surface area contributed by atoms with Gasteiger partial charge in [-0.1, -0.05) is 22.0 Å². The zero-order valence-electron chi connectivity index (χ0n) is 10.6. The summed E-state index contributed by atoms with van der Waals surface area (Å²) in [5.74, 6) is 0.641. The van der Waals surface area contributed by atoms with Crippen molar-refractivity contribution in [1.82, 2.24) is 0 Å². The molecule has 2 rings (SSSR count). The predicted octanol–water partition coefficient (Wildman–Crippen LogP) is 4.39. The summed E-state index contributed by atoms with van der Waals surface area (Å²) in [4.78, 5) is 0. The van der Waals surface area contributed by atoms with Crippen molar-refractivity contribution in [2.24, 2.45) is 0 Å². The maximum atomic E-state index is 13.1. The van der Waals surface area contributed by atoms with E-state index in [0.717, 1.165) is 15.9 Å². The minimum absolute atomic E-state index is 0.184. The Morgan fingerprint density at radius 3 is 2.79 bits per heavy atom. The number of halogens is 2. The summed E-state index contributed by atoms with van der Waals surface area (Å²) in [5, 5.41) is 3.19. The van der Waals surface area contributed by atoms with E-state index in [1.165, 1.54) is 6.07 Å². The molecule has 4 heteroatoms. The fourth-order valence-electron chi connectivity index (χ4n) is 1.68. The molecule has 0 radical (unpaired) electrons. The Hall–Kier alpha value is -1.55. The van der Waals surface area contributed by atoms with Gasteiger partial charge in [-0.2, -0.15) is 0 Å². The van der Waals surface area contributed by atoms with Gasteiger partial charge in [0.25, 0.3) is 0 Å². The van der Waals surface area contributed by atoms with Crippen LogP contribution in [-0.2, 0) is 0 Å². The Balaban J connectivity index is 1.79. The highest BCUT2D eigenvalue weighted by atomic mass is 79.9. The molecule has 0 unspecified atom stereocenters. The van der Waals surface area contributed by atoms with Crippen molar-refractivity contribution in [3.63, 3.8) is 0 Å². The van der Waals surface area contributed by atoms with Gasteiger partial charge in [-0.3, -0.25) is 0 Å². The molecule has 0 saturated carbocycles. The fraction of sp³-hybridized carbons (Fsp3) is 0.200. The van der Waals surface area contributed by atoms with Gasteiger partial charge in [-0.15, -0.1) is 0 Å². The summed E-state index contributed by atoms with van der Waals surface area (Å²) in [5.41, 5.74) is 1.54. The topological polar surface area (TPSA) is 21.3 Å². The van der Waals surface area contributed by atoms with Crippen molar-refractivity contribution < 1.29 is 9.13 Å². The average Bonchev–Trinajstić information content (AvgIpc) is 2.39. The molecular formula is C15H15BrFNO. The lowest BCUT2D eigenvalue weighted by Crippen LogP contribution is -2.11. The SMILES string of the molecule is Cc1cc(NCCOc2cccc(Br)c2)ccc1F. The fourth-order valence-corrected chi connectivity index (χ4v) is 2.05. The number of rotatable bonds is 5. The van der Waals surface area contributed by atoms with Gasteiger partial charge in [0.1, 0.15) is 18.2 Å². The van der Waals surface area contributed by atoms with E-state index in [4.69, 9.17) is 4.74 Å². The second-order valence-corrected chi connectivity index (χ2v) is 5.11. The standard InChI is InChI=1S/C15H15BrFNO/c1-11-9-13(5-6-15(11)17)18-7-8-19-14-4-2-3-12(16)10-14/h2-6,9-10,18H,7-8H2,1H3. The number of ether oxygens (including phenoxy) is 1. The molecule has 0 heterocycles. The third-order valence-corrected chi connectivity index (χ3v) is 3.15. The van der Waals surface area contributed by atoms with E-state index in [1.54, 1.807) is 19.1 Å². The van der Waals surface area contributed by atoms with Crippen LogP contribution in [0.5, 0.6) is 5.75 Å². The molecule has 0 aliphatic heterocycles. The highest BCUT2D eigenvalue weighted by Gasteiger charge is 1.99. The van der Waals surface area contributed by atoms with Crippen LogP contribution in [0.15, 0.2) is 46.9 Å². The Bertz CT molecular complexity index is 560. The summed E-state index contributed by atoms with van der Waals surface area (Å²) < 4.78 is 19.7. The van der Waals surface area contributed by atoms with Crippen LogP contribution in [0, 0.1) is 12.7 Å². The van der Waals surface area contributed by atoms with Crippen molar-refractivity contribution >= 4 is 21.6 Å².